The number of nitrogens with two attached hydrogens (primary N) is 1. The molecule has 0 saturated carbocycles. The first kappa shape index (κ1) is 14.4. The van der Waals surface area contributed by atoms with Crippen LogP contribution in [0.2, 0.25) is 0 Å². The predicted octanol–water partition coefficient (Wildman–Crippen LogP) is 2.23. The minimum atomic E-state index is -1.09. The molecule has 0 saturated heterocycles. The Balaban J connectivity index is 2.34. The molecule has 1 amide bonds. The Morgan fingerprint density at radius 2 is 1.90 bits per heavy atom. The summed E-state index contributed by atoms with van der Waals surface area (Å²) in [6.07, 6.45) is 0. The van der Waals surface area contributed by atoms with Gasteiger partial charge in [-0.2, -0.15) is 0 Å². The van der Waals surface area contributed by atoms with E-state index in [0.29, 0.717) is 17.0 Å². The molecule has 6 heteroatoms. The summed E-state index contributed by atoms with van der Waals surface area (Å²) < 4.78 is 5.11. The van der Waals surface area contributed by atoms with Gasteiger partial charge >= 0.3 is 5.97 Å². The van der Waals surface area contributed by atoms with Crippen molar-refractivity contribution in [3.8, 4) is 5.75 Å². The normalized spacial score (nSPS) is 9.95. The van der Waals surface area contributed by atoms with Crippen LogP contribution in [0.25, 0.3) is 0 Å². The molecule has 0 aliphatic carbocycles. The van der Waals surface area contributed by atoms with Crippen LogP contribution in [0, 0.1) is 0 Å². The summed E-state index contributed by atoms with van der Waals surface area (Å²) in [5, 5.41) is 11.6. The summed E-state index contributed by atoms with van der Waals surface area (Å²) in [6, 6.07) is 10.8. The van der Waals surface area contributed by atoms with Gasteiger partial charge in [-0.3, -0.25) is 4.79 Å². The van der Waals surface area contributed by atoms with Gasteiger partial charge in [0.2, 0.25) is 0 Å². The van der Waals surface area contributed by atoms with Gasteiger partial charge in [0, 0.05) is 5.69 Å². The van der Waals surface area contributed by atoms with E-state index in [-0.39, 0.29) is 11.3 Å². The first-order chi connectivity index (χ1) is 10.0. The third-order valence-electron chi connectivity index (χ3n) is 2.90. The van der Waals surface area contributed by atoms with E-state index in [0.717, 1.165) is 0 Å². The van der Waals surface area contributed by atoms with E-state index in [1.165, 1.54) is 25.3 Å². The zero-order chi connectivity index (χ0) is 15.4. The van der Waals surface area contributed by atoms with Gasteiger partial charge in [0.1, 0.15) is 5.75 Å². The van der Waals surface area contributed by atoms with Crippen LogP contribution in [0.4, 0.5) is 11.4 Å². The summed E-state index contributed by atoms with van der Waals surface area (Å²) >= 11 is 0. The SMILES string of the molecule is COc1ccc(C(=O)O)cc1NC(=O)c1ccccc1N. The third kappa shape index (κ3) is 3.11. The molecule has 0 radical (unpaired) electrons. The molecule has 0 fully saturated rings. The minimum absolute atomic E-state index is 0.0483. The van der Waals surface area contributed by atoms with Crippen LogP contribution in [0.15, 0.2) is 42.5 Å². The number of carbonyl (C=O) groups is 2. The van der Waals surface area contributed by atoms with Crippen LogP contribution < -0.4 is 15.8 Å². The summed E-state index contributed by atoms with van der Waals surface area (Å²) in [5.74, 6) is -1.16. The van der Waals surface area contributed by atoms with Crippen LogP contribution in [0.3, 0.4) is 0 Å². The number of para-hydroxylation sites is 1. The Labute approximate surface area is 121 Å². The van der Waals surface area contributed by atoms with Crippen molar-refractivity contribution in [3.63, 3.8) is 0 Å². The number of hydrogen-bond donors (Lipinski definition) is 3. The van der Waals surface area contributed by atoms with E-state index in [9.17, 15) is 9.59 Å². The first-order valence-corrected chi connectivity index (χ1v) is 6.10. The van der Waals surface area contributed by atoms with Crippen molar-refractivity contribution in [2.24, 2.45) is 0 Å². The molecule has 6 nitrogen and oxygen atoms in total. The highest BCUT2D eigenvalue weighted by Crippen LogP contribution is 2.26. The molecule has 0 atom stereocenters. The van der Waals surface area contributed by atoms with Crippen molar-refractivity contribution in [1.29, 1.82) is 0 Å². The van der Waals surface area contributed by atoms with Crippen LogP contribution >= 0.6 is 0 Å². The van der Waals surface area contributed by atoms with Gasteiger partial charge < -0.3 is 20.9 Å². The molecule has 0 aliphatic rings. The second-order valence-electron chi connectivity index (χ2n) is 4.26. The zero-order valence-electron chi connectivity index (χ0n) is 11.3. The van der Waals surface area contributed by atoms with Gasteiger partial charge in [0.05, 0.1) is 23.9 Å². The van der Waals surface area contributed by atoms with Gasteiger partial charge in [0.15, 0.2) is 0 Å². The van der Waals surface area contributed by atoms with E-state index in [2.05, 4.69) is 5.32 Å². The van der Waals surface area contributed by atoms with Crippen LogP contribution in [0.1, 0.15) is 20.7 Å². The number of benzene rings is 2. The molecular weight excluding hydrogens is 272 g/mol. The number of nitrogens with one attached hydrogen (secondary N) is 1. The molecule has 2 aromatic rings. The topological polar surface area (TPSA) is 102 Å². The number of hydrogen-bond acceptors (Lipinski definition) is 4. The van der Waals surface area contributed by atoms with Gasteiger partial charge in [-0.05, 0) is 30.3 Å². The molecule has 0 aromatic heterocycles. The maximum absolute atomic E-state index is 12.2. The average Bonchev–Trinajstić information content (AvgIpc) is 2.47. The maximum atomic E-state index is 12.2. The summed E-state index contributed by atoms with van der Waals surface area (Å²) in [7, 11) is 1.43. The monoisotopic (exact) mass is 286 g/mol. The Kier molecular flexibility index (Phi) is 4.08. The number of methoxy groups -OCH3 is 1. The first-order valence-electron chi connectivity index (χ1n) is 6.10. The quantitative estimate of drug-likeness (QED) is 0.748. The molecule has 2 rings (SSSR count). The number of anilines is 2. The number of aromatic carboxylic acids is 1. The molecule has 0 bridgehead atoms. The highest BCUT2D eigenvalue weighted by atomic mass is 16.5. The summed E-state index contributed by atoms with van der Waals surface area (Å²) in [6.45, 7) is 0. The highest BCUT2D eigenvalue weighted by Gasteiger charge is 2.14. The number of nitrogen functional groups attached to an aromatic ring is 1. The molecule has 0 unspecified atom stereocenters. The van der Waals surface area contributed by atoms with Crippen molar-refractivity contribution in [3.05, 3.63) is 53.6 Å². The smallest absolute Gasteiger partial charge is 0.335 e. The van der Waals surface area contributed by atoms with Crippen molar-refractivity contribution in [1.82, 2.24) is 0 Å². The summed E-state index contributed by atoms with van der Waals surface area (Å²) in [4.78, 5) is 23.2. The average molecular weight is 286 g/mol. The number of carboxylic acids is 1. The van der Waals surface area contributed by atoms with E-state index in [4.69, 9.17) is 15.6 Å². The molecule has 0 heterocycles. The maximum Gasteiger partial charge on any atom is 0.335 e. The molecule has 108 valence electrons. The van der Waals surface area contributed by atoms with Gasteiger partial charge in [0.25, 0.3) is 5.91 Å². The van der Waals surface area contributed by atoms with Gasteiger partial charge in [-0.1, -0.05) is 12.1 Å². The molecular formula is C15H14N2O4. The Morgan fingerprint density at radius 3 is 2.52 bits per heavy atom. The van der Waals surface area contributed by atoms with Crippen LogP contribution in [0.5, 0.6) is 5.75 Å². The molecule has 2 aromatic carbocycles. The Bertz CT molecular complexity index is 698. The Morgan fingerprint density at radius 1 is 1.19 bits per heavy atom. The fourth-order valence-electron chi connectivity index (χ4n) is 1.83. The van der Waals surface area contributed by atoms with Crippen LogP contribution in [-0.4, -0.2) is 24.1 Å². The number of ether oxygens (including phenoxy) is 1. The summed E-state index contributed by atoms with van der Waals surface area (Å²) in [5.41, 5.74) is 6.70. The van der Waals surface area contributed by atoms with Crippen molar-refractivity contribution in [2.75, 3.05) is 18.2 Å². The van der Waals surface area contributed by atoms with E-state index in [1.807, 2.05) is 0 Å². The van der Waals surface area contributed by atoms with E-state index >= 15 is 0 Å². The largest absolute Gasteiger partial charge is 0.495 e. The minimum Gasteiger partial charge on any atom is -0.495 e. The molecule has 4 N–H and O–H groups in total. The predicted molar refractivity (Wildman–Crippen MR) is 78.8 cm³/mol. The van der Waals surface area contributed by atoms with E-state index in [1.54, 1.807) is 24.3 Å². The lowest BCUT2D eigenvalue weighted by molar-refractivity contribution is 0.0696. The number of carboxylic acid groups (broad SMARTS) is 1. The molecule has 0 spiro atoms. The molecule has 21 heavy (non-hydrogen) atoms. The second kappa shape index (κ2) is 5.96. The van der Waals surface area contributed by atoms with E-state index < -0.39 is 11.9 Å². The fraction of sp³-hybridized carbons (Fsp3) is 0.0667. The van der Waals surface area contributed by atoms with Crippen LogP contribution in [-0.2, 0) is 0 Å². The zero-order valence-corrected chi connectivity index (χ0v) is 11.3. The highest BCUT2D eigenvalue weighted by molar-refractivity contribution is 6.08. The lowest BCUT2D eigenvalue weighted by atomic mass is 10.1. The standard InChI is InChI=1S/C15H14N2O4/c1-21-13-7-6-9(15(19)20)8-12(13)17-14(18)10-4-2-3-5-11(10)16/h2-8H,16H2,1H3,(H,17,18)(H,19,20). The van der Waals surface area contributed by atoms with Crippen molar-refractivity contribution < 1.29 is 19.4 Å². The number of rotatable bonds is 4. The lowest BCUT2D eigenvalue weighted by Gasteiger charge is -2.12. The lowest BCUT2D eigenvalue weighted by Crippen LogP contribution is -2.15. The second-order valence-corrected chi connectivity index (χ2v) is 4.26. The third-order valence-corrected chi connectivity index (χ3v) is 2.90. The molecule has 0 aliphatic heterocycles. The Hall–Kier alpha value is -3.02. The van der Waals surface area contributed by atoms with Crippen molar-refractivity contribution >= 4 is 23.3 Å². The van der Waals surface area contributed by atoms with Crippen molar-refractivity contribution in [2.45, 2.75) is 0 Å². The fourth-order valence-corrected chi connectivity index (χ4v) is 1.83. The number of carbonyl (C=O) groups excluding carboxylic acids is 1. The number of amides is 1. The van der Waals surface area contributed by atoms with Gasteiger partial charge in [-0.15, -0.1) is 0 Å². The van der Waals surface area contributed by atoms with Gasteiger partial charge in [-0.25, -0.2) is 4.79 Å².